The number of β-lactam (4-membered cyclic amide) rings is 2. The van der Waals surface area contributed by atoms with E-state index in [-0.39, 0.29) is 30.9 Å². The first kappa shape index (κ1) is 30.7. The van der Waals surface area contributed by atoms with Gasteiger partial charge in [0.1, 0.15) is 0 Å². The lowest BCUT2D eigenvalue weighted by molar-refractivity contribution is -0.146. The number of aliphatic hydroxyl groups is 1. The van der Waals surface area contributed by atoms with Gasteiger partial charge in [0.05, 0.1) is 24.0 Å². The van der Waals surface area contributed by atoms with Crippen LogP contribution in [0, 0.1) is 5.92 Å². The van der Waals surface area contributed by atoms with Crippen molar-refractivity contribution in [3.63, 3.8) is 0 Å². The van der Waals surface area contributed by atoms with Crippen molar-refractivity contribution in [3.8, 4) is 0 Å². The second kappa shape index (κ2) is 11.4. The molecule has 7 rings (SSSR count). The van der Waals surface area contributed by atoms with E-state index in [1.165, 1.54) is 0 Å². The van der Waals surface area contributed by atoms with Crippen molar-refractivity contribution in [1.29, 1.82) is 0 Å². The van der Waals surface area contributed by atoms with Crippen LogP contribution < -0.4 is 14.7 Å². The number of rotatable bonds is 10. The van der Waals surface area contributed by atoms with Crippen molar-refractivity contribution in [2.75, 3.05) is 34.4 Å². The van der Waals surface area contributed by atoms with Gasteiger partial charge in [-0.3, -0.25) is 19.1 Å². The summed E-state index contributed by atoms with van der Waals surface area (Å²) in [4.78, 5) is 44.6. The van der Waals surface area contributed by atoms with Crippen LogP contribution >= 0.6 is 0 Å². The Morgan fingerprint density at radius 2 is 1.76 bits per heavy atom. The average Bonchev–Trinajstić information content (AvgIpc) is 3.65. The monoisotopic (exact) mass is 646 g/mol. The van der Waals surface area contributed by atoms with Gasteiger partial charge >= 0.3 is 0 Å². The SMILES string of the molecule is C[C@@H]1[C@@H]([Si](C)(C)F)[C@H](CCn2cc(CCO)nn2)O[C@@]12C(=O)N(Cc1cccc(N3CCC3=O)c1)c1ccc(N3CCC3=O)cc12. The van der Waals surface area contributed by atoms with Gasteiger partial charge in [-0.2, -0.15) is 0 Å². The molecule has 13 heteroatoms. The first-order chi connectivity index (χ1) is 22.0. The molecule has 0 unspecified atom stereocenters. The summed E-state index contributed by atoms with van der Waals surface area (Å²) in [6, 6.07) is 13.3. The fourth-order valence-electron chi connectivity index (χ4n) is 7.75. The Bertz CT molecular complexity index is 1710. The summed E-state index contributed by atoms with van der Waals surface area (Å²) in [5.41, 5.74) is 2.46. The minimum Gasteiger partial charge on any atom is -0.396 e. The van der Waals surface area contributed by atoms with Crippen LogP contribution in [0.5, 0.6) is 0 Å². The normalized spacial score (nSPS) is 25.8. The van der Waals surface area contributed by atoms with Gasteiger partial charge in [0.2, 0.25) is 20.2 Å². The van der Waals surface area contributed by atoms with Crippen molar-refractivity contribution in [3.05, 3.63) is 65.5 Å². The summed E-state index contributed by atoms with van der Waals surface area (Å²) in [6.07, 6.45) is 3.04. The third-order valence-corrected chi connectivity index (χ3v) is 12.6. The summed E-state index contributed by atoms with van der Waals surface area (Å²) in [7, 11) is -3.38. The number of aromatic nitrogens is 3. The quantitative estimate of drug-likeness (QED) is 0.203. The summed E-state index contributed by atoms with van der Waals surface area (Å²) in [6.45, 7) is 7.19. The third kappa shape index (κ3) is 4.95. The molecule has 0 saturated carbocycles. The number of hydrogen-bond acceptors (Lipinski definition) is 7. The van der Waals surface area contributed by atoms with E-state index in [1.54, 1.807) is 38.7 Å². The van der Waals surface area contributed by atoms with Crippen LogP contribution in [0.4, 0.5) is 21.2 Å². The number of ether oxygens (including phenoxy) is 1. The van der Waals surface area contributed by atoms with E-state index >= 15 is 4.11 Å². The molecule has 0 radical (unpaired) electrons. The number of aryl methyl sites for hydroxylation is 1. The Labute approximate surface area is 268 Å². The van der Waals surface area contributed by atoms with Crippen molar-refractivity contribution in [1.82, 2.24) is 15.0 Å². The van der Waals surface area contributed by atoms with Crippen molar-refractivity contribution in [2.24, 2.45) is 5.92 Å². The van der Waals surface area contributed by atoms with E-state index in [4.69, 9.17) is 4.74 Å². The fourth-order valence-corrected chi connectivity index (χ4v) is 10.3. The number of anilines is 3. The second-order valence-corrected chi connectivity index (χ2v) is 17.2. The summed E-state index contributed by atoms with van der Waals surface area (Å²) in [5, 5.41) is 17.5. The van der Waals surface area contributed by atoms with Gasteiger partial charge in [0.25, 0.3) is 5.91 Å². The molecule has 4 aliphatic rings. The van der Waals surface area contributed by atoms with Gasteiger partial charge in [0.15, 0.2) is 5.60 Å². The van der Waals surface area contributed by atoms with Crippen LogP contribution in [0.15, 0.2) is 48.7 Å². The van der Waals surface area contributed by atoms with E-state index in [0.717, 1.165) is 11.3 Å². The van der Waals surface area contributed by atoms with Crippen LogP contribution in [-0.4, -0.2) is 72.0 Å². The molecular weight excluding hydrogens is 607 g/mol. The highest BCUT2D eigenvalue weighted by Gasteiger charge is 2.66. The van der Waals surface area contributed by atoms with Crippen molar-refractivity contribution >= 4 is 43.2 Å². The van der Waals surface area contributed by atoms with Gasteiger partial charge in [-0.05, 0) is 55.4 Å². The molecule has 1 spiro atoms. The zero-order chi connectivity index (χ0) is 32.4. The Kier molecular flexibility index (Phi) is 7.60. The Balaban J connectivity index is 1.26. The molecule has 4 atom stereocenters. The maximum Gasteiger partial charge on any atom is 0.264 e. The van der Waals surface area contributed by atoms with E-state index in [1.807, 2.05) is 49.4 Å². The molecule has 2 aromatic carbocycles. The van der Waals surface area contributed by atoms with Crippen LogP contribution in [0.3, 0.4) is 0 Å². The number of nitrogens with zero attached hydrogens (tertiary/aromatic N) is 6. The number of benzene rings is 2. The summed E-state index contributed by atoms with van der Waals surface area (Å²) < 4.78 is 24.9. The van der Waals surface area contributed by atoms with E-state index < -0.39 is 31.6 Å². The molecule has 3 saturated heterocycles. The van der Waals surface area contributed by atoms with Gasteiger partial charge in [-0.1, -0.05) is 24.3 Å². The van der Waals surface area contributed by atoms with Crippen molar-refractivity contribution < 1.29 is 28.3 Å². The number of fused-ring (bicyclic) bond motifs is 2. The smallest absolute Gasteiger partial charge is 0.264 e. The van der Waals surface area contributed by atoms with Crippen molar-refractivity contribution in [2.45, 2.75) is 76.0 Å². The topological polar surface area (TPSA) is 121 Å². The largest absolute Gasteiger partial charge is 0.396 e. The molecule has 3 aromatic rings. The van der Waals surface area contributed by atoms with Crippen LogP contribution in [0.1, 0.15) is 43.0 Å². The summed E-state index contributed by atoms with van der Waals surface area (Å²) in [5.74, 6) is -0.627. The molecular formula is C33H39FN6O5Si. The number of halogens is 1. The molecule has 0 aliphatic carbocycles. The molecule has 5 heterocycles. The first-order valence-electron chi connectivity index (χ1n) is 16.0. The minimum atomic E-state index is -3.38. The zero-order valence-corrected chi connectivity index (χ0v) is 27.4. The van der Waals surface area contributed by atoms with Gasteiger partial charge in [0, 0.05) is 80.1 Å². The molecule has 3 amide bonds. The molecule has 3 fully saturated rings. The van der Waals surface area contributed by atoms with Crippen LogP contribution in [0.2, 0.25) is 18.6 Å². The standard InChI is InChI=1S/C33H39FN6O5Si/c1-21-31(46(2,3)34)28(9-13-37-20-23(12-16-41)35-36-37)45-33(21)26-18-25(39-15-11-30(39)43)7-8-27(26)40(32(33)44)19-22-5-4-6-24(17-22)38-14-10-29(38)42/h4-8,17-18,20-21,28,31,41H,9-16,19H2,1-3H3/t21-,28+,31-,33+/m1/s1. The highest BCUT2D eigenvalue weighted by molar-refractivity contribution is 6.72. The lowest BCUT2D eigenvalue weighted by atomic mass is 9.82. The second-order valence-electron chi connectivity index (χ2n) is 13.4. The molecule has 0 bridgehead atoms. The molecule has 1 N–H and O–H groups in total. The predicted molar refractivity (Wildman–Crippen MR) is 171 cm³/mol. The van der Waals surface area contributed by atoms with E-state index in [9.17, 15) is 19.5 Å². The number of amides is 3. The number of hydrogen-bond donors (Lipinski definition) is 1. The van der Waals surface area contributed by atoms with Crippen LogP contribution in [-0.2, 0) is 44.2 Å². The lowest BCUT2D eigenvalue weighted by Gasteiger charge is -2.33. The summed E-state index contributed by atoms with van der Waals surface area (Å²) >= 11 is 0. The van der Waals surface area contributed by atoms with Gasteiger partial charge in [-0.15, -0.1) is 5.10 Å². The highest BCUT2D eigenvalue weighted by Crippen LogP contribution is 2.61. The Morgan fingerprint density at radius 1 is 1.04 bits per heavy atom. The zero-order valence-electron chi connectivity index (χ0n) is 26.4. The number of aliphatic hydroxyl groups excluding tert-OH is 1. The number of carbonyl (C=O) groups excluding carboxylic acids is 3. The first-order valence-corrected chi connectivity index (χ1v) is 19.0. The number of carbonyl (C=O) groups is 3. The third-order valence-electron chi connectivity index (χ3n) is 10.1. The van der Waals surface area contributed by atoms with Gasteiger partial charge < -0.3 is 28.7 Å². The molecule has 1 aromatic heterocycles. The van der Waals surface area contributed by atoms with Crippen LogP contribution in [0.25, 0.3) is 0 Å². The minimum absolute atomic E-state index is 0.0226. The maximum absolute atomic E-state index is 16.3. The average molecular weight is 647 g/mol. The Hall–Kier alpha value is -3.94. The molecule has 11 nitrogen and oxygen atoms in total. The predicted octanol–water partition coefficient (Wildman–Crippen LogP) is 3.70. The lowest BCUT2D eigenvalue weighted by Crippen LogP contribution is -2.45. The fraction of sp³-hybridized carbons (Fsp3) is 0.485. The highest BCUT2D eigenvalue weighted by atomic mass is 28.4. The molecule has 4 aliphatic heterocycles. The molecule has 242 valence electrons. The maximum atomic E-state index is 16.3. The van der Waals surface area contributed by atoms with Gasteiger partial charge in [-0.25, -0.2) is 0 Å². The van der Waals surface area contributed by atoms with E-state index in [0.29, 0.717) is 67.9 Å². The molecule has 46 heavy (non-hydrogen) atoms. The Morgan fingerprint density at radius 3 is 2.39 bits per heavy atom. The van der Waals surface area contributed by atoms with E-state index in [2.05, 4.69) is 10.3 Å².